The van der Waals surface area contributed by atoms with E-state index in [-0.39, 0.29) is 24.8 Å². The molecule has 0 amide bonds. The number of hydrogen-bond acceptors (Lipinski definition) is 0. The zero-order valence-corrected chi connectivity index (χ0v) is 9.53. The summed E-state index contributed by atoms with van der Waals surface area (Å²) in [5.41, 5.74) is 0. The van der Waals surface area contributed by atoms with Crippen molar-refractivity contribution in [2.45, 2.75) is 49.7 Å². The first kappa shape index (κ1) is 14.6. The summed E-state index contributed by atoms with van der Waals surface area (Å²) in [6.45, 7) is 0. The Bertz CT molecular complexity index is 70.5. The summed E-state index contributed by atoms with van der Waals surface area (Å²) in [6.07, 6.45) is 10.3. The fourth-order valence-electron chi connectivity index (χ4n) is 1.49. The van der Waals surface area contributed by atoms with Gasteiger partial charge in [-0.25, -0.2) is 0 Å². The van der Waals surface area contributed by atoms with Gasteiger partial charge in [-0.3, -0.25) is 0 Å². The Morgan fingerprint density at radius 3 is 1.55 bits per heavy atom. The second-order valence-electron chi connectivity index (χ2n) is 3.11. The van der Waals surface area contributed by atoms with Crippen LogP contribution in [0.1, 0.15) is 44.9 Å². The average molecular weight is 209 g/mol. The molecule has 0 nitrogen and oxygen atoms in total. The minimum Gasteiger partial charge on any atom is -1.00 e. The molecule has 3 heteroatoms. The van der Waals surface area contributed by atoms with E-state index in [1.165, 1.54) is 44.9 Å². The van der Waals surface area contributed by atoms with E-state index in [0.29, 0.717) is 0 Å². The Labute approximate surface area is 90.8 Å². The van der Waals surface area contributed by atoms with E-state index in [9.17, 15) is 0 Å². The van der Waals surface area contributed by atoms with Gasteiger partial charge in [-0.05, 0) is 0 Å². The maximum atomic E-state index is 2.96. The standard InChI is InChI=1S/C8H15.Al.2ClH/c1-2-4-6-8-7-5-3-1;;;/h1H,2-8H2;;2*1H/q;+2;;/p-2. The van der Waals surface area contributed by atoms with Crippen LogP contribution in [0, 0.1) is 0 Å². The van der Waals surface area contributed by atoms with Crippen LogP contribution in [0.3, 0.4) is 0 Å². The van der Waals surface area contributed by atoms with Crippen LogP contribution in [0.5, 0.6) is 0 Å². The van der Waals surface area contributed by atoms with Crippen LogP contribution < -0.4 is 24.8 Å². The monoisotopic (exact) mass is 208 g/mol. The van der Waals surface area contributed by atoms with Gasteiger partial charge in [0.1, 0.15) is 0 Å². The number of hydrogen-bond donors (Lipinski definition) is 0. The molecule has 64 valence electrons. The molecule has 0 spiro atoms. The maximum absolute atomic E-state index is 2.96. The first-order chi connectivity index (χ1) is 4.39. The summed E-state index contributed by atoms with van der Waals surface area (Å²) < 4.78 is 0.935. The first-order valence-corrected chi connectivity index (χ1v) is 4.82. The minimum atomic E-state index is 0. The van der Waals surface area contributed by atoms with Gasteiger partial charge in [-0.1, -0.05) is 0 Å². The molecular formula is C8H15AlCl2. The topological polar surface area (TPSA) is 0 Å². The quantitative estimate of drug-likeness (QED) is 0.367. The van der Waals surface area contributed by atoms with Gasteiger partial charge < -0.3 is 24.8 Å². The van der Waals surface area contributed by atoms with Crippen molar-refractivity contribution in [2.75, 3.05) is 0 Å². The molecule has 1 fully saturated rings. The van der Waals surface area contributed by atoms with Crippen LogP contribution in [0.2, 0.25) is 4.78 Å². The van der Waals surface area contributed by atoms with Crippen LogP contribution in [0.4, 0.5) is 0 Å². The van der Waals surface area contributed by atoms with Gasteiger partial charge in [0.2, 0.25) is 0 Å². The van der Waals surface area contributed by atoms with Crippen LogP contribution in [-0.2, 0) is 0 Å². The van der Waals surface area contributed by atoms with Crippen molar-refractivity contribution in [2.24, 2.45) is 0 Å². The van der Waals surface area contributed by atoms with Crippen molar-refractivity contribution in [1.29, 1.82) is 0 Å². The number of halogens is 2. The fourth-order valence-corrected chi connectivity index (χ4v) is 1.96. The normalized spacial score (nSPS) is 20.5. The van der Waals surface area contributed by atoms with Gasteiger partial charge in [-0.2, -0.15) is 0 Å². The molecule has 1 saturated carbocycles. The SMILES string of the molecule is [Al+2][CH]1CCCCCCC1.[Cl-].[Cl-]. The third-order valence-electron chi connectivity index (χ3n) is 2.15. The molecule has 0 aliphatic heterocycles. The smallest absolute Gasteiger partial charge is 1.00 e. The van der Waals surface area contributed by atoms with Crippen LogP contribution in [-0.4, -0.2) is 16.3 Å². The van der Waals surface area contributed by atoms with Crippen LogP contribution in [0.15, 0.2) is 0 Å². The minimum absolute atomic E-state index is 0. The molecule has 0 bridgehead atoms. The molecule has 0 saturated heterocycles. The Morgan fingerprint density at radius 2 is 1.09 bits per heavy atom. The van der Waals surface area contributed by atoms with E-state index in [1.807, 2.05) is 0 Å². The Hall–Kier alpha value is 1.11. The zero-order valence-electron chi connectivity index (χ0n) is 6.86. The van der Waals surface area contributed by atoms with Gasteiger partial charge in [0, 0.05) is 0 Å². The van der Waals surface area contributed by atoms with Crippen molar-refractivity contribution >= 4 is 16.3 Å². The summed E-state index contributed by atoms with van der Waals surface area (Å²) in [5, 5.41) is 0. The molecule has 0 N–H and O–H groups in total. The predicted octanol–water partition coefficient (Wildman–Crippen LogP) is -3.30. The van der Waals surface area contributed by atoms with Crippen LogP contribution >= 0.6 is 0 Å². The summed E-state index contributed by atoms with van der Waals surface area (Å²) in [5.74, 6) is 0. The molecule has 11 heavy (non-hydrogen) atoms. The van der Waals surface area contributed by atoms with Crippen molar-refractivity contribution < 1.29 is 24.8 Å². The summed E-state index contributed by atoms with van der Waals surface area (Å²) in [4.78, 5) is 0. The van der Waals surface area contributed by atoms with E-state index >= 15 is 0 Å². The van der Waals surface area contributed by atoms with Gasteiger partial charge in [0.15, 0.2) is 0 Å². The summed E-state index contributed by atoms with van der Waals surface area (Å²) in [7, 11) is 0. The second kappa shape index (κ2) is 9.20. The van der Waals surface area contributed by atoms with Gasteiger partial charge in [0.05, 0.1) is 0 Å². The number of rotatable bonds is 0. The van der Waals surface area contributed by atoms with Crippen molar-refractivity contribution in [3.05, 3.63) is 0 Å². The maximum Gasteiger partial charge on any atom is -1.00 e. The summed E-state index contributed by atoms with van der Waals surface area (Å²) >= 11 is 2.96. The molecule has 0 aromatic heterocycles. The molecule has 0 atom stereocenters. The molecule has 0 aromatic carbocycles. The van der Waals surface area contributed by atoms with Crippen molar-refractivity contribution in [1.82, 2.24) is 0 Å². The van der Waals surface area contributed by atoms with E-state index < -0.39 is 0 Å². The van der Waals surface area contributed by atoms with Crippen molar-refractivity contribution in [3.8, 4) is 0 Å². The fraction of sp³-hybridized carbons (Fsp3) is 1.00. The molecule has 0 aromatic rings. The van der Waals surface area contributed by atoms with Crippen LogP contribution in [0.25, 0.3) is 0 Å². The predicted molar refractivity (Wildman–Crippen MR) is 41.8 cm³/mol. The molecule has 1 aliphatic carbocycles. The molecule has 1 aliphatic rings. The largest absolute Gasteiger partial charge is 1.00 e. The Kier molecular flexibility index (Phi) is 12.2. The molecular weight excluding hydrogens is 194 g/mol. The van der Waals surface area contributed by atoms with Gasteiger partial charge in [0.25, 0.3) is 0 Å². The van der Waals surface area contributed by atoms with E-state index in [2.05, 4.69) is 16.3 Å². The van der Waals surface area contributed by atoms with E-state index in [4.69, 9.17) is 0 Å². The molecule has 0 heterocycles. The molecule has 0 unspecified atom stereocenters. The Morgan fingerprint density at radius 1 is 0.727 bits per heavy atom. The zero-order chi connectivity index (χ0) is 6.53. The van der Waals surface area contributed by atoms with Crippen molar-refractivity contribution in [3.63, 3.8) is 0 Å². The van der Waals surface area contributed by atoms with E-state index in [1.54, 1.807) is 0 Å². The van der Waals surface area contributed by atoms with E-state index in [0.717, 1.165) is 4.78 Å². The third-order valence-corrected chi connectivity index (χ3v) is 2.82. The average Bonchev–Trinajstić information content (AvgIpc) is 1.79. The third kappa shape index (κ3) is 7.47. The first-order valence-electron chi connectivity index (χ1n) is 4.15. The van der Waals surface area contributed by atoms with Gasteiger partial charge >= 0.3 is 66.0 Å². The second-order valence-corrected chi connectivity index (χ2v) is 4.05. The van der Waals surface area contributed by atoms with Gasteiger partial charge in [-0.15, -0.1) is 0 Å². The Balaban J connectivity index is 0. The molecule has 0 radical (unpaired) electrons. The summed E-state index contributed by atoms with van der Waals surface area (Å²) in [6, 6.07) is 0. The molecule has 1 rings (SSSR count).